The lowest BCUT2D eigenvalue weighted by Gasteiger charge is -2.19. The minimum Gasteiger partial charge on any atom is -0.494 e. The number of hydrogen-bond donors (Lipinski definition) is 2. The first-order valence-electron chi connectivity index (χ1n) is 8.62. The van der Waals surface area contributed by atoms with Gasteiger partial charge in [-0.15, -0.1) is 0 Å². The van der Waals surface area contributed by atoms with Crippen molar-refractivity contribution in [2.75, 3.05) is 11.9 Å². The van der Waals surface area contributed by atoms with E-state index in [0.29, 0.717) is 30.0 Å². The fourth-order valence-electron chi connectivity index (χ4n) is 2.37. The van der Waals surface area contributed by atoms with Gasteiger partial charge in [0.05, 0.1) is 6.61 Å². The highest BCUT2D eigenvalue weighted by Gasteiger charge is 2.14. The van der Waals surface area contributed by atoms with E-state index in [4.69, 9.17) is 9.84 Å². The van der Waals surface area contributed by atoms with Crippen LogP contribution in [0.2, 0.25) is 0 Å². The van der Waals surface area contributed by atoms with Crippen LogP contribution in [0.1, 0.15) is 49.5 Å². The summed E-state index contributed by atoms with van der Waals surface area (Å²) in [6, 6.07) is 14.6. The number of carboxylic acids is 1. The molecule has 2 aromatic rings. The van der Waals surface area contributed by atoms with Crippen molar-refractivity contribution in [2.45, 2.75) is 39.0 Å². The highest BCUT2D eigenvalue weighted by molar-refractivity contribution is 6.04. The van der Waals surface area contributed by atoms with Gasteiger partial charge in [-0.1, -0.05) is 32.9 Å². The average Bonchev–Trinajstić information content (AvgIpc) is 2.59. The molecule has 0 spiro atoms. The monoisotopic (exact) mass is 355 g/mol. The Morgan fingerprint density at radius 1 is 1.00 bits per heavy atom. The molecule has 0 aliphatic heterocycles. The number of rotatable bonds is 7. The molecule has 0 aromatic heterocycles. The van der Waals surface area contributed by atoms with Crippen LogP contribution < -0.4 is 10.1 Å². The van der Waals surface area contributed by atoms with Crippen molar-refractivity contribution in [3.63, 3.8) is 0 Å². The van der Waals surface area contributed by atoms with E-state index >= 15 is 0 Å². The Morgan fingerprint density at radius 3 is 2.15 bits per heavy atom. The van der Waals surface area contributed by atoms with E-state index in [1.54, 1.807) is 24.3 Å². The zero-order valence-corrected chi connectivity index (χ0v) is 15.4. The van der Waals surface area contributed by atoms with E-state index in [1.165, 1.54) is 5.56 Å². The molecular weight excluding hydrogens is 330 g/mol. The summed E-state index contributed by atoms with van der Waals surface area (Å²) < 4.78 is 5.47. The van der Waals surface area contributed by atoms with Crippen LogP contribution in [0.3, 0.4) is 0 Å². The molecular formula is C21H25NO4. The van der Waals surface area contributed by atoms with Gasteiger partial charge in [-0.05, 0) is 53.8 Å². The molecule has 0 aliphatic carbocycles. The van der Waals surface area contributed by atoms with Gasteiger partial charge in [0.15, 0.2) is 0 Å². The van der Waals surface area contributed by atoms with E-state index in [0.717, 1.165) is 0 Å². The normalized spacial score (nSPS) is 11.0. The van der Waals surface area contributed by atoms with E-state index in [1.807, 2.05) is 24.3 Å². The molecule has 2 aromatic carbocycles. The Bertz CT molecular complexity index is 743. The second-order valence-corrected chi connectivity index (χ2v) is 7.15. The van der Waals surface area contributed by atoms with Gasteiger partial charge in [0, 0.05) is 17.7 Å². The molecule has 5 heteroatoms. The van der Waals surface area contributed by atoms with Crippen molar-refractivity contribution in [3.8, 4) is 5.75 Å². The van der Waals surface area contributed by atoms with Gasteiger partial charge >= 0.3 is 5.97 Å². The topological polar surface area (TPSA) is 75.6 Å². The summed E-state index contributed by atoms with van der Waals surface area (Å²) >= 11 is 0. The third-order valence-electron chi connectivity index (χ3n) is 3.93. The maximum Gasteiger partial charge on any atom is 0.303 e. The molecule has 2 N–H and O–H groups in total. The number of anilines is 1. The lowest BCUT2D eigenvalue weighted by molar-refractivity contribution is -0.137. The van der Waals surface area contributed by atoms with E-state index < -0.39 is 5.97 Å². The van der Waals surface area contributed by atoms with Gasteiger partial charge in [-0.3, -0.25) is 9.59 Å². The lowest BCUT2D eigenvalue weighted by Crippen LogP contribution is -2.14. The third kappa shape index (κ3) is 5.92. The fraction of sp³-hybridized carbons (Fsp3) is 0.333. The molecule has 0 fully saturated rings. The van der Waals surface area contributed by atoms with Crippen LogP contribution in [-0.4, -0.2) is 23.6 Å². The zero-order chi connectivity index (χ0) is 19.2. The van der Waals surface area contributed by atoms with Crippen LogP contribution in [-0.2, 0) is 10.2 Å². The van der Waals surface area contributed by atoms with Crippen molar-refractivity contribution in [1.29, 1.82) is 0 Å². The highest BCUT2D eigenvalue weighted by atomic mass is 16.5. The summed E-state index contributed by atoms with van der Waals surface area (Å²) in [5.74, 6) is -0.356. The summed E-state index contributed by atoms with van der Waals surface area (Å²) in [5, 5.41) is 11.4. The molecule has 0 atom stereocenters. The van der Waals surface area contributed by atoms with Gasteiger partial charge in [0.1, 0.15) is 5.75 Å². The smallest absolute Gasteiger partial charge is 0.303 e. The first-order chi connectivity index (χ1) is 12.3. The van der Waals surface area contributed by atoms with E-state index in [9.17, 15) is 9.59 Å². The minimum atomic E-state index is -0.831. The number of carbonyl (C=O) groups is 2. The van der Waals surface area contributed by atoms with E-state index in [2.05, 4.69) is 26.1 Å². The molecule has 26 heavy (non-hydrogen) atoms. The summed E-state index contributed by atoms with van der Waals surface area (Å²) in [6.07, 6.45) is 0.542. The lowest BCUT2D eigenvalue weighted by atomic mass is 9.87. The van der Waals surface area contributed by atoms with Crippen LogP contribution in [0, 0.1) is 0 Å². The van der Waals surface area contributed by atoms with E-state index in [-0.39, 0.29) is 17.7 Å². The third-order valence-corrected chi connectivity index (χ3v) is 3.93. The van der Waals surface area contributed by atoms with Crippen molar-refractivity contribution < 1.29 is 19.4 Å². The molecule has 1 amide bonds. The van der Waals surface area contributed by atoms with Gasteiger partial charge in [-0.2, -0.15) is 0 Å². The standard InChI is InChI=1S/C21H25NO4/c1-21(2,3)16-8-6-15(7-9-16)20(25)22-17-10-12-18(13-11-17)26-14-4-5-19(23)24/h6-13H,4-5,14H2,1-3H3,(H,22,25)(H,23,24). The molecule has 0 heterocycles. The van der Waals surface area contributed by atoms with Gasteiger partial charge in [0.2, 0.25) is 0 Å². The Labute approximate surface area is 154 Å². The van der Waals surface area contributed by atoms with Crippen molar-refractivity contribution in [3.05, 3.63) is 59.7 Å². The SMILES string of the molecule is CC(C)(C)c1ccc(C(=O)Nc2ccc(OCCCC(=O)O)cc2)cc1. The summed E-state index contributed by atoms with van der Waals surface area (Å²) in [7, 11) is 0. The number of nitrogens with one attached hydrogen (secondary N) is 1. The number of ether oxygens (including phenoxy) is 1. The van der Waals surface area contributed by atoms with Crippen molar-refractivity contribution >= 4 is 17.6 Å². The van der Waals surface area contributed by atoms with Crippen LogP contribution in [0.5, 0.6) is 5.75 Å². The molecule has 138 valence electrons. The van der Waals surface area contributed by atoms with Crippen LogP contribution >= 0.6 is 0 Å². The fourth-order valence-corrected chi connectivity index (χ4v) is 2.37. The summed E-state index contributed by atoms with van der Waals surface area (Å²) in [5.41, 5.74) is 2.51. The quantitative estimate of drug-likeness (QED) is 0.718. The number of aliphatic carboxylic acids is 1. The number of hydrogen-bond acceptors (Lipinski definition) is 3. The Morgan fingerprint density at radius 2 is 1.62 bits per heavy atom. The minimum absolute atomic E-state index is 0.0509. The van der Waals surface area contributed by atoms with Gasteiger partial charge < -0.3 is 15.2 Å². The largest absolute Gasteiger partial charge is 0.494 e. The van der Waals surface area contributed by atoms with Gasteiger partial charge in [0.25, 0.3) is 5.91 Å². The first-order valence-corrected chi connectivity index (χ1v) is 8.62. The van der Waals surface area contributed by atoms with Crippen LogP contribution in [0.15, 0.2) is 48.5 Å². The molecule has 0 unspecified atom stereocenters. The molecule has 5 nitrogen and oxygen atoms in total. The van der Waals surface area contributed by atoms with Crippen molar-refractivity contribution in [2.24, 2.45) is 0 Å². The maximum atomic E-state index is 12.3. The Balaban J connectivity index is 1.90. The average molecular weight is 355 g/mol. The predicted molar refractivity (Wildman–Crippen MR) is 102 cm³/mol. The second-order valence-electron chi connectivity index (χ2n) is 7.15. The molecule has 2 rings (SSSR count). The van der Waals surface area contributed by atoms with Gasteiger partial charge in [-0.25, -0.2) is 0 Å². The van der Waals surface area contributed by atoms with Crippen LogP contribution in [0.4, 0.5) is 5.69 Å². The molecule has 0 bridgehead atoms. The maximum absolute atomic E-state index is 12.3. The highest BCUT2D eigenvalue weighted by Crippen LogP contribution is 2.22. The predicted octanol–water partition coefficient (Wildman–Crippen LogP) is 4.48. The zero-order valence-electron chi connectivity index (χ0n) is 15.4. The number of amides is 1. The second kappa shape index (κ2) is 8.52. The number of carbonyl (C=O) groups excluding carboxylic acids is 1. The number of benzene rings is 2. The molecule has 0 aliphatic rings. The Kier molecular flexibility index (Phi) is 6.39. The molecule has 0 saturated carbocycles. The van der Waals surface area contributed by atoms with Crippen molar-refractivity contribution in [1.82, 2.24) is 0 Å². The molecule has 0 radical (unpaired) electrons. The summed E-state index contributed by atoms with van der Waals surface area (Å²) in [6.45, 7) is 6.74. The first kappa shape index (κ1) is 19.5. The van der Waals surface area contributed by atoms with Crippen LogP contribution in [0.25, 0.3) is 0 Å². The molecule has 0 saturated heterocycles. The number of carboxylic acid groups (broad SMARTS) is 1. The summed E-state index contributed by atoms with van der Waals surface area (Å²) in [4.78, 5) is 22.8. The Hall–Kier alpha value is -2.82.